The molecule has 0 bridgehead atoms. The molecule has 0 radical (unpaired) electrons. The van der Waals surface area contributed by atoms with E-state index < -0.39 is 5.82 Å². The highest BCUT2D eigenvalue weighted by Crippen LogP contribution is 2.50. The van der Waals surface area contributed by atoms with E-state index in [0.717, 1.165) is 41.8 Å². The molecule has 1 aliphatic heterocycles. The fourth-order valence-electron chi connectivity index (χ4n) is 4.18. The molecule has 2 atom stereocenters. The molecule has 36 heavy (non-hydrogen) atoms. The largest absolute Gasteiger partial charge is 0.381 e. The van der Waals surface area contributed by atoms with E-state index in [-0.39, 0.29) is 11.4 Å². The van der Waals surface area contributed by atoms with Crippen LogP contribution in [-0.4, -0.2) is 55.1 Å². The van der Waals surface area contributed by atoms with E-state index >= 15 is 0 Å². The third-order valence-electron chi connectivity index (χ3n) is 6.08. The fourth-order valence-corrected chi connectivity index (χ4v) is 4.36. The van der Waals surface area contributed by atoms with E-state index in [2.05, 4.69) is 56.0 Å². The maximum atomic E-state index is 13.6. The zero-order valence-corrected chi connectivity index (χ0v) is 20.8. The monoisotopic (exact) mass is 507 g/mol. The van der Waals surface area contributed by atoms with Gasteiger partial charge in [0.25, 0.3) is 0 Å². The van der Waals surface area contributed by atoms with Crippen LogP contribution in [0.5, 0.6) is 0 Å². The van der Waals surface area contributed by atoms with Gasteiger partial charge in [0.15, 0.2) is 0 Å². The van der Waals surface area contributed by atoms with Gasteiger partial charge < -0.3 is 20.7 Å². The van der Waals surface area contributed by atoms with E-state index in [0.29, 0.717) is 29.3 Å². The molecule has 1 saturated heterocycles. The summed E-state index contributed by atoms with van der Waals surface area (Å²) in [5.41, 5.74) is 7.55. The Bertz CT molecular complexity index is 1340. The zero-order valence-electron chi connectivity index (χ0n) is 20.0. The van der Waals surface area contributed by atoms with Crippen molar-refractivity contribution in [2.75, 3.05) is 39.2 Å². The summed E-state index contributed by atoms with van der Waals surface area (Å²) in [7, 11) is 4.06. The van der Waals surface area contributed by atoms with Gasteiger partial charge in [-0.25, -0.2) is 14.4 Å². The fraction of sp³-hybridized carbons (Fsp3) is 0.296. The van der Waals surface area contributed by atoms with Crippen molar-refractivity contribution in [2.45, 2.75) is 0 Å². The normalized spacial score (nSPS) is 19.9. The minimum atomic E-state index is -0.461. The number of amides is 1. The van der Waals surface area contributed by atoms with Gasteiger partial charge in [0.1, 0.15) is 18.0 Å². The molecule has 7 nitrogen and oxygen atoms in total. The van der Waals surface area contributed by atoms with Crippen molar-refractivity contribution in [1.82, 2.24) is 14.9 Å². The molecule has 2 aromatic carbocycles. The Labute approximate surface area is 214 Å². The van der Waals surface area contributed by atoms with Gasteiger partial charge in [-0.1, -0.05) is 35.6 Å². The standard InChI is InChI=1S/C26H24ClFN4O.CH3NO/c1-32(2)9-3-4-16-10-20-25(11-17(16)5-7-19-21-13-33-14-22(19)21)29-15-30-26(20)31-18-6-8-24(28)23(27)12-18;2-1-3/h3-4,6,8,10-12,15,19,21-22H,9,13-14H2,1-2H3,(H,29,30,31);1H,(H2,2,3)/b4-3+;. The predicted molar refractivity (Wildman–Crippen MR) is 140 cm³/mol. The number of hydrogen-bond acceptors (Lipinski definition) is 6. The molecule has 9 heteroatoms. The van der Waals surface area contributed by atoms with E-state index in [9.17, 15) is 4.39 Å². The molecule has 0 spiro atoms. The number of halogens is 2. The van der Waals surface area contributed by atoms with Crippen molar-refractivity contribution >= 4 is 46.5 Å². The van der Waals surface area contributed by atoms with Crippen molar-refractivity contribution in [3.05, 3.63) is 64.7 Å². The maximum absolute atomic E-state index is 13.6. The highest BCUT2D eigenvalue weighted by Gasteiger charge is 2.53. The molecule has 5 rings (SSSR count). The molecule has 1 aromatic heterocycles. The van der Waals surface area contributed by atoms with Crippen molar-refractivity contribution in [1.29, 1.82) is 0 Å². The van der Waals surface area contributed by atoms with Crippen molar-refractivity contribution < 1.29 is 13.9 Å². The van der Waals surface area contributed by atoms with Gasteiger partial charge >= 0.3 is 0 Å². The number of primary amides is 1. The Hall–Kier alpha value is -3.51. The Morgan fingerprint density at radius 1 is 1.25 bits per heavy atom. The van der Waals surface area contributed by atoms with Crippen molar-refractivity contribution in [2.24, 2.45) is 23.5 Å². The van der Waals surface area contributed by atoms with Crippen LogP contribution in [0, 0.1) is 35.4 Å². The second-order valence-electron chi connectivity index (χ2n) is 8.89. The number of ether oxygens (including phenoxy) is 1. The predicted octanol–water partition coefficient (Wildman–Crippen LogP) is 4.09. The maximum Gasteiger partial charge on any atom is 0.204 e. The molecule has 3 aromatic rings. The average molecular weight is 508 g/mol. The Kier molecular flexibility index (Phi) is 8.16. The van der Waals surface area contributed by atoms with Crippen LogP contribution >= 0.6 is 11.6 Å². The smallest absolute Gasteiger partial charge is 0.204 e. The number of benzene rings is 2. The van der Waals surface area contributed by atoms with Crippen LogP contribution < -0.4 is 11.1 Å². The number of anilines is 2. The minimum Gasteiger partial charge on any atom is -0.381 e. The van der Waals surface area contributed by atoms with Crippen LogP contribution in [0.1, 0.15) is 11.1 Å². The lowest BCUT2D eigenvalue weighted by atomic mass is 10.0. The van der Waals surface area contributed by atoms with E-state index in [1.54, 1.807) is 12.1 Å². The summed E-state index contributed by atoms with van der Waals surface area (Å²) >= 11 is 5.94. The summed E-state index contributed by atoms with van der Waals surface area (Å²) in [6.07, 6.45) is 5.96. The number of aromatic nitrogens is 2. The lowest BCUT2D eigenvalue weighted by molar-refractivity contribution is -0.106. The van der Waals surface area contributed by atoms with Gasteiger partial charge in [-0.2, -0.15) is 0 Å². The summed E-state index contributed by atoms with van der Waals surface area (Å²) in [4.78, 5) is 19.6. The van der Waals surface area contributed by atoms with Crippen LogP contribution in [0.25, 0.3) is 17.0 Å². The SMILES string of the molecule is CN(C)C/C=C/c1cc2c(Nc3ccc(F)c(Cl)c3)ncnc2cc1C#CC1C2COCC12.NC=O. The van der Waals surface area contributed by atoms with Gasteiger partial charge in [-0.15, -0.1) is 0 Å². The first-order chi connectivity index (χ1) is 17.4. The van der Waals surface area contributed by atoms with Gasteiger partial charge in [-0.3, -0.25) is 4.79 Å². The average Bonchev–Trinajstić information content (AvgIpc) is 3.26. The first-order valence-electron chi connectivity index (χ1n) is 11.5. The van der Waals surface area contributed by atoms with Gasteiger partial charge in [0, 0.05) is 40.9 Å². The van der Waals surface area contributed by atoms with Crippen LogP contribution in [-0.2, 0) is 9.53 Å². The number of nitrogens with two attached hydrogens (primary N) is 1. The van der Waals surface area contributed by atoms with Crippen LogP contribution in [0.3, 0.4) is 0 Å². The minimum absolute atomic E-state index is 0.0541. The molecular formula is C27H27ClFN5O2. The zero-order chi connectivity index (χ0) is 25.7. The number of likely N-dealkylation sites (N-methyl/N-ethyl adjacent to an activating group) is 1. The molecule has 1 saturated carbocycles. The number of rotatable bonds is 5. The van der Waals surface area contributed by atoms with Crippen LogP contribution in [0.2, 0.25) is 5.02 Å². The number of carbonyl (C=O) groups excluding carboxylic acids is 1. The quantitative estimate of drug-likeness (QED) is 0.399. The molecule has 2 fully saturated rings. The molecule has 1 aliphatic carbocycles. The number of nitrogens with zero attached hydrogens (tertiary/aromatic N) is 3. The van der Waals surface area contributed by atoms with E-state index in [4.69, 9.17) is 21.1 Å². The van der Waals surface area contributed by atoms with Gasteiger partial charge in [-0.05, 0) is 50.0 Å². The topological polar surface area (TPSA) is 93.4 Å². The Morgan fingerprint density at radius 3 is 2.69 bits per heavy atom. The highest BCUT2D eigenvalue weighted by molar-refractivity contribution is 6.31. The number of carbonyl (C=O) groups is 1. The van der Waals surface area contributed by atoms with Gasteiger partial charge in [0.2, 0.25) is 6.41 Å². The summed E-state index contributed by atoms with van der Waals surface area (Å²) in [5.74, 6) is 8.64. The number of hydrogen-bond donors (Lipinski definition) is 2. The first-order valence-corrected chi connectivity index (χ1v) is 11.9. The summed E-state index contributed by atoms with van der Waals surface area (Å²) in [6.45, 7) is 2.47. The summed E-state index contributed by atoms with van der Waals surface area (Å²) < 4.78 is 19.0. The lowest BCUT2D eigenvalue weighted by Crippen LogP contribution is -2.10. The third-order valence-corrected chi connectivity index (χ3v) is 6.37. The second kappa shape index (κ2) is 11.5. The second-order valence-corrected chi connectivity index (χ2v) is 9.30. The van der Waals surface area contributed by atoms with Crippen LogP contribution in [0.4, 0.5) is 15.9 Å². The Balaban J connectivity index is 0.000000967. The number of fused-ring (bicyclic) bond motifs is 2. The molecule has 1 amide bonds. The molecular weight excluding hydrogens is 481 g/mol. The number of nitrogens with one attached hydrogen (secondary N) is 1. The van der Waals surface area contributed by atoms with Crippen molar-refractivity contribution in [3.63, 3.8) is 0 Å². The third kappa shape index (κ3) is 6.00. The van der Waals surface area contributed by atoms with Crippen LogP contribution in [0.15, 0.2) is 42.7 Å². The molecule has 2 aliphatic rings. The van der Waals surface area contributed by atoms with Crippen molar-refractivity contribution in [3.8, 4) is 11.8 Å². The van der Waals surface area contributed by atoms with E-state index in [1.807, 2.05) is 20.2 Å². The summed E-state index contributed by atoms with van der Waals surface area (Å²) in [5, 5.41) is 4.14. The molecule has 3 N–H and O–H groups in total. The highest BCUT2D eigenvalue weighted by atomic mass is 35.5. The molecule has 2 unspecified atom stereocenters. The van der Waals surface area contributed by atoms with E-state index in [1.165, 1.54) is 12.4 Å². The Morgan fingerprint density at radius 2 is 2.00 bits per heavy atom. The molecule has 186 valence electrons. The first kappa shape index (κ1) is 25.6. The lowest BCUT2D eigenvalue weighted by Gasteiger charge is -2.11. The molecule has 2 heterocycles. The van der Waals surface area contributed by atoms with Gasteiger partial charge in [0.05, 0.1) is 23.8 Å². The summed E-state index contributed by atoms with van der Waals surface area (Å²) in [6, 6.07) is 8.56.